The van der Waals surface area contributed by atoms with Gasteiger partial charge in [0.05, 0.1) is 29.9 Å². The molecule has 0 saturated carbocycles. The summed E-state index contributed by atoms with van der Waals surface area (Å²) in [5, 5.41) is 10.6. The van der Waals surface area contributed by atoms with Gasteiger partial charge < -0.3 is 14.9 Å². The third kappa shape index (κ3) is 2.03. The molecule has 0 saturated heterocycles. The van der Waals surface area contributed by atoms with Gasteiger partial charge in [0, 0.05) is 6.07 Å². The van der Waals surface area contributed by atoms with E-state index in [1.165, 1.54) is 31.5 Å². The van der Waals surface area contributed by atoms with E-state index < -0.39 is 4.92 Å². The smallest absolute Gasteiger partial charge is 0.292 e. The number of nitrogens with two attached hydrogens (primary N) is 1. The number of rotatable bonds is 3. The number of hydrogen-bond donors (Lipinski definition) is 1. The van der Waals surface area contributed by atoms with Gasteiger partial charge in [-0.3, -0.25) is 10.1 Å². The summed E-state index contributed by atoms with van der Waals surface area (Å²) in [7, 11) is 1.42. The Morgan fingerprint density at radius 1 is 1.53 bits per heavy atom. The Labute approximate surface area is 96.0 Å². The number of nitrogens with zero attached hydrogens (tertiary/aromatic N) is 2. The molecule has 0 unspecified atom stereocenters. The molecular weight excluding hydrogens is 226 g/mol. The number of oxazole rings is 1. The van der Waals surface area contributed by atoms with Crippen molar-refractivity contribution in [3.8, 4) is 17.1 Å². The highest BCUT2D eigenvalue weighted by Crippen LogP contribution is 2.33. The van der Waals surface area contributed by atoms with Gasteiger partial charge >= 0.3 is 0 Å². The van der Waals surface area contributed by atoms with E-state index in [4.69, 9.17) is 14.9 Å². The van der Waals surface area contributed by atoms with Gasteiger partial charge in [0.2, 0.25) is 0 Å². The van der Waals surface area contributed by atoms with Gasteiger partial charge in [-0.1, -0.05) is 0 Å². The van der Waals surface area contributed by atoms with E-state index in [0.717, 1.165) is 0 Å². The van der Waals surface area contributed by atoms with Crippen LogP contribution in [0.3, 0.4) is 0 Å². The van der Waals surface area contributed by atoms with E-state index in [1.807, 2.05) is 0 Å². The molecule has 7 heteroatoms. The highest BCUT2D eigenvalue weighted by molar-refractivity contribution is 5.68. The quantitative estimate of drug-likeness (QED) is 0.642. The second-order valence-corrected chi connectivity index (χ2v) is 3.20. The van der Waals surface area contributed by atoms with Crippen molar-refractivity contribution in [2.75, 3.05) is 12.8 Å². The molecule has 0 spiro atoms. The number of non-ortho nitro benzene ring substituents is 1. The van der Waals surface area contributed by atoms with Crippen molar-refractivity contribution >= 4 is 11.7 Å². The second kappa shape index (κ2) is 4.12. The first-order valence-electron chi connectivity index (χ1n) is 4.66. The number of nitro benzene ring substituents is 1. The van der Waals surface area contributed by atoms with Gasteiger partial charge in [0.25, 0.3) is 11.7 Å². The van der Waals surface area contributed by atoms with E-state index >= 15 is 0 Å². The Hall–Kier alpha value is -2.57. The zero-order chi connectivity index (χ0) is 12.4. The lowest BCUT2D eigenvalue weighted by atomic mass is 10.1. The number of ether oxygens (including phenoxy) is 1. The maximum Gasteiger partial charge on any atom is 0.292 e. The van der Waals surface area contributed by atoms with Crippen molar-refractivity contribution in [3.63, 3.8) is 0 Å². The van der Waals surface area contributed by atoms with E-state index in [2.05, 4.69) is 4.98 Å². The lowest BCUT2D eigenvalue weighted by molar-refractivity contribution is -0.384. The molecule has 2 rings (SSSR count). The van der Waals surface area contributed by atoms with Crippen LogP contribution in [0.5, 0.6) is 5.75 Å². The van der Waals surface area contributed by atoms with Gasteiger partial charge in [-0.15, -0.1) is 0 Å². The normalized spacial score (nSPS) is 10.2. The molecule has 0 bridgehead atoms. The molecule has 0 atom stereocenters. The molecule has 17 heavy (non-hydrogen) atoms. The van der Waals surface area contributed by atoms with Crippen LogP contribution in [0.4, 0.5) is 11.7 Å². The fourth-order valence-electron chi connectivity index (χ4n) is 1.41. The SMILES string of the molecule is COc1cc([N+](=O)[O-])ccc1-c1cnc(N)o1. The standard InChI is InChI=1S/C10H9N3O4/c1-16-8-4-6(13(14)15)2-3-7(8)9-5-12-10(11)17-9/h2-5H,1H3,(H2,11,12). The number of hydrogen-bond acceptors (Lipinski definition) is 6. The maximum atomic E-state index is 10.6. The van der Waals surface area contributed by atoms with Gasteiger partial charge in [-0.25, -0.2) is 4.98 Å². The molecule has 0 aliphatic carbocycles. The van der Waals surface area contributed by atoms with Crippen molar-refractivity contribution in [3.05, 3.63) is 34.5 Å². The summed E-state index contributed by atoms with van der Waals surface area (Å²) >= 11 is 0. The van der Waals surface area contributed by atoms with E-state index in [0.29, 0.717) is 17.1 Å². The average molecular weight is 235 g/mol. The minimum atomic E-state index is -0.499. The number of benzene rings is 1. The fraction of sp³-hybridized carbons (Fsp3) is 0.100. The predicted molar refractivity (Wildman–Crippen MR) is 59.6 cm³/mol. The van der Waals surface area contributed by atoms with E-state index in [-0.39, 0.29) is 11.7 Å². The van der Waals surface area contributed by atoms with Gasteiger partial charge in [0.1, 0.15) is 5.75 Å². The van der Waals surface area contributed by atoms with Crippen molar-refractivity contribution in [1.82, 2.24) is 4.98 Å². The third-order valence-electron chi connectivity index (χ3n) is 2.18. The summed E-state index contributed by atoms with van der Waals surface area (Å²) in [6.07, 6.45) is 1.43. The topological polar surface area (TPSA) is 104 Å². The second-order valence-electron chi connectivity index (χ2n) is 3.20. The van der Waals surface area contributed by atoms with Crippen molar-refractivity contribution in [1.29, 1.82) is 0 Å². The molecule has 0 aliphatic rings. The Morgan fingerprint density at radius 2 is 2.29 bits per heavy atom. The third-order valence-corrected chi connectivity index (χ3v) is 2.18. The van der Waals surface area contributed by atoms with Crippen LogP contribution in [0, 0.1) is 10.1 Å². The molecule has 2 aromatic rings. The minimum Gasteiger partial charge on any atom is -0.496 e. The Morgan fingerprint density at radius 3 is 2.82 bits per heavy atom. The molecule has 0 amide bonds. The lowest BCUT2D eigenvalue weighted by Gasteiger charge is -2.04. The Balaban J connectivity index is 2.51. The molecule has 88 valence electrons. The van der Waals surface area contributed by atoms with Crippen LogP contribution in [-0.4, -0.2) is 17.0 Å². The number of nitro groups is 1. The van der Waals surface area contributed by atoms with Gasteiger partial charge in [0.15, 0.2) is 5.76 Å². The van der Waals surface area contributed by atoms with Crippen LogP contribution < -0.4 is 10.5 Å². The average Bonchev–Trinajstić information content (AvgIpc) is 2.74. The summed E-state index contributed by atoms with van der Waals surface area (Å²) in [5.74, 6) is 0.726. The minimum absolute atomic E-state index is 0.0282. The number of anilines is 1. The summed E-state index contributed by atoms with van der Waals surface area (Å²) in [6, 6.07) is 4.22. The molecule has 1 heterocycles. The monoisotopic (exact) mass is 235 g/mol. The first-order valence-corrected chi connectivity index (χ1v) is 4.66. The van der Waals surface area contributed by atoms with Crippen LogP contribution in [0.15, 0.2) is 28.8 Å². The van der Waals surface area contributed by atoms with E-state index in [9.17, 15) is 10.1 Å². The molecular formula is C10H9N3O4. The molecule has 0 fully saturated rings. The summed E-state index contributed by atoms with van der Waals surface area (Å²) < 4.78 is 10.2. The zero-order valence-electron chi connectivity index (χ0n) is 8.91. The first kappa shape index (κ1) is 10.9. The Bertz CT molecular complexity index is 564. The van der Waals surface area contributed by atoms with Crippen LogP contribution in [-0.2, 0) is 0 Å². The first-order chi connectivity index (χ1) is 8.11. The Kier molecular flexibility index (Phi) is 2.65. The highest BCUT2D eigenvalue weighted by atomic mass is 16.6. The number of nitrogen functional groups attached to an aromatic ring is 1. The van der Waals surface area contributed by atoms with Gasteiger partial charge in [-0.05, 0) is 6.07 Å². The largest absolute Gasteiger partial charge is 0.496 e. The molecule has 1 aromatic carbocycles. The zero-order valence-corrected chi connectivity index (χ0v) is 8.91. The number of methoxy groups -OCH3 is 1. The fourth-order valence-corrected chi connectivity index (χ4v) is 1.41. The molecule has 0 aliphatic heterocycles. The van der Waals surface area contributed by atoms with Crippen molar-refractivity contribution in [2.24, 2.45) is 0 Å². The summed E-state index contributed by atoms with van der Waals surface area (Å²) in [5.41, 5.74) is 5.86. The number of aromatic nitrogens is 1. The van der Waals surface area contributed by atoms with Crippen molar-refractivity contribution in [2.45, 2.75) is 0 Å². The molecule has 1 aromatic heterocycles. The van der Waals surface area contributed by atoms with Crippen LogP contribution in [0.1, 0.15) is 0 Å². The maximum absolute atomic E-state index is 10.6. The molecule has 2 N–H and O–H groups in total. The molecule has 0 radical (unpaired) electrons. The predicted octanol–water partition coefficient (Wildman–Crippen LogP) is 1.84. The van der Waals surface area contributed by atoms with Crippen LogP contribution in [0.2, 0.25) is 0 Å². The lowest BCUT2D eigenvalue weighted by Crippen LogP contribution is -1.92. The van der Waals surface area contributed by atoms with E-state index in [1.54, 1.807) is 0 Å². The molecule has 7 nitrogen and oxygen atoms in total. The highest BCUT2D eigenvalue weighted by Gasteiger charge is 2.15. The van der Waals surface area contributed by atoms with Crippen LogP contribution in [0.25, 0.3) is 11.3 Å². The van der Waals surface area contributed by atoms with Gasteiger partial charge in [-0.2, -0.15) is 0 Å². The van der Waals surface area contributed by atoms with Crippen LogP contribution >= 0.6 is 0 Å². The van der Waals surface area contributed by atoms with Crippen molar-refractivity contribution < 1.29 is 14.1 Å². The summed E-state index contributed by atoms with van der Waals surface area (Å²) in [4.78, 5) is 13.9. The summed E-state index contributed by atoms with van der Waals surface area (Å²) in [6.45, 7) is 0.